The summed E-state index contributed by atoms with van der Waals surface area (Å²) in [5.41, 5.74) is 13.1. The third kappa shape index (κ3) is 5.43. The van der Waals surface area contributed by atoms with Crippen LogP contribution in [0.4, 0.5) is 11.4 Å². The number of nitrogens with zero attached hydrogens (tertiary/aromatic N) is 2. The molecule has 0 saturated carbocycles. The van der Waals surface area contributed by atoms with Gasteiger partial charge in [-0.05, 0) is 51.0 Å². The van der Waals surface area contributed by atoms with Crippen LogP contribution >= 0.6 is 0 Å². The second-order valence-electron chi connectivity index (χ2n) is 13.1. The molecule has 0 aliphatic carbocycles. The largest absolute Gasteiger partial charge is 0.340 e. The van der Waals surface area contributed by atoms with E-state index in [1.165, 1.54) is 56.2 Å². The zero-order chi connectivity index (χ0) is 30.2. The highest BCUT2D eigenvalue weighted by Crippen LogP contribution is 2.48. The van der Waals surface area contributed by atoms with Crippen LogP contribution in [-0.4, -0.2) is 10.3 Å². The first-order chi connectivity index (χ1) is 20.7. The van der Waals surface area contributed by atoms with Crippen molar-refractivity contribution in [2.75, 3.05) is 4.90 Å². The monoisotopic (exact) mass is 563 g/mol. The molecule has 0 radical (unpaired) electrons. The Balaban J connectivity index is 1.31. The maximum absolute atomic E-state index is 2.49. The molecule has 0 aromatic heterocycles. The Morgan fingerprint density at radius 2 is 1.23 bits per heavy atom. The third-order valence-corrected chi connectivity index (χ3v) is 9.25. The fourth-order valence-corrected chi connectivity index (χ4v) is 6.73. The van der Waals surface area contributed by atoms with Crippen molar-refractivity contribution >= 4 is 17.1 Å². The Morgan fingerprint density at radius 3 is 1.93 bits per heavy atom. The first-order valence-corrected chi connectivity index (χ1v) is 15.4. The van der Waals surface area contributed by atoms with Crippen LogP contribution in [-0.2, 0) is 23.9 Å². The Hall–Kier alpha value is -4.43. The van der Waals surface area contributed by atoms with E-state index < -0.39 is 0 Å². The van der Waals surface area contributed by atoms with Gasteiger partial charge in [0.25, 0.3) is 0 Å². The lowest BCUT2D eigenvalue weighted by molar-refractivity contribution is -0.455. The van der Waals surface area contributed by atoms with Crippen LogP contribution in [0.2, 0.25) is 0 Å². The minimum absolute atomic E-state index is 0.0793. The molecule has 4 aromatic rings. The molecule has 0 fully saturated rings. The number of allylic oxidation sites excluding steroid dienone is 6. The van der Waals surface area contributed by atoms with Gasteiger partial charge in [-0.25, -0.2) is 0 Å². The van der Waals surface area contributed by atoms with E-state index >= 15 is 0 Å². The molecule has 2 aliphatic heterocycles. The van der Waals surface area contributed by atoms with E-state index in [4.69, 9.17) is 0 Å². The molecule has 2 nitrogen and oxygen atoms in total. The molecule has 0 unspecified atom stereocenters. The zero-order valence-electron chi connectivity index (χ0n) is 26.4. The second-order valence-corrected chi connectivity index (χ2v) is 13.1. The number of benzene rings is 4. The molecule has 2 aliphatic rings. The minimum atomic E-state index is -0.0793. The van der Waals surface area contributed by atoms with E-state index in [2.05, 4.69) is 178 Å². The van der Waals surface area contributed by atoms with Crippen molar-refractivity contribution in [3.63, 3.8) is 0 Å². The lowest BCUT2D eigenvalue weighted by Gasteiger charge is -2.27. The fourth-order valence-electron chi connectivity index (χ4n) is 6.73. The van der Waals surface area contributed by atoms with E-state index in [9.17, 15) is 0 Å². The van der Waals surface area contributed by atoms with Gasteiger partial charge in [0.15, 0.2) is 12.3 Å². The number of hydrogen-bond acceptors (Lipinski definition) is 1. The van der Waals surface area contributed by atoms with Gasteiger partial charge in [-0.3, -0.25) is 0 Å². The molecule has 0 N–H and O–H groups in total. The summed E-state index contributed by atoms with van der Waals surface area (Å²) in [5, 5.41) is 0. The Labute approximate surface area is 258 Å². The van der Waals surface area contributed by atoms with E-state index in [0.717, 1.165) is 13.1 Å². The van der Waals surface area contributed by atoms with Crippen LogP contribution < -0.4 is 4.90 Å². The molecule has 4 aromatic carbocycles. The maximum atomic E-state index is 2.49. The number of aryl methyl sites for hydroxylation is 2. The van der Waals surface area contributed by atoms with Gasteiger partial charge in [-0.2, -0.15) is 4.58 Å². The highest BCUT2D eigenvalue weighted by Gasteiger charge is 2.44. The van der Waals surface area contributed by atoms with Crippen molar-refractivity contribution in [1.82, 2.24) is 0 Å². The van der Waals surface area contributed by atoms with Gasteiger partial charge in [-0.1, -0.05) is 128 Å². The van der Waals surface area contributed by atoms with Crippen LogP contribution in [0.5, 0.6) is 0 Å². The summed E-state index contributed by atoms with van der Waals surface area (Å²) in [5.74, 6) is 0. The van der Waals surface area contributed by atoms with Crippen LogP contribution in [0.25, 0.3) is 0 Å². The summed E-state index contributed by atoms with van der Waals surface area (Å²) in [4.78, 5) is 2.49. The van der Waals surface area contributed by atoms with Gasteiger partial charge in [0.1, 0.15) is 0 Å². The van der Waals surface area contributed by atoms with Crippen molar-refractivity contribution in [1.29, 1.82) is 0 Å². The Morgan fingerprint density at radius 1 is 0.628 bits per heavy atom. The van der Waals surface area contributed by atoms with E-state index in [1.807, 2.05) is 0 Å². The predicted octanol–water partition coefficient (Wildman–Crippen LogP) is 9.87. The average Bonchev–Trinajstić information content (AvgIpc) is 3.34. The lowest BCUT2D eigenvalue weighted by Crippen LogP contribution is -2.27. The summed E-state index contributed by atoms with van der Waals surface area (Å²) in [7, 11) is 0. The summed E-state index contributed by atoms with van der Waals surface area (Å²) >= 11 is 0. The lowest BCUT2D eigenvalue weighted by atomic mass is 9.81. The first kappa shape index (κ1) is 28.7. The molecule has 2 heterocycles. The predicted molar refractivity (Wildman–Crippen MR) is 182 cm³/mol. The Kier molecular flexibility index (Phi) is 7.56. The molecule has 0 atom stereocenters. The van der Waals surface area contributed by atoms with Gasteiger partial charge in [0.05, 0.1) is 5.41 Å². The quantitative estimate of drug-likeness (QED) is 0.160. The van der Waals surface area contributed by atoms with Crippen LogP contribution in [0.1, 0.15) is 61.1 Å². The van der Waals surface area contributed by atoms with Gasteiger partial charge < -0.3 is 4.90 Å². The summed E-state index contributed by atoms with van der Waals surface area (Å²) in [6, 6.07) is 35.5. The van der Waals surface area contributed by atoms with Crippen molar-refractivity contribution in [2.45, 2.75) is 65.5 Å². The van der Waals surface area contributed by atoms with Gasteiger partial charge >= 0.3 is 0 Å². The first-order valence-electron chi connectivity index (χ1n) is 15.4. The highest BCUT2D eigenvalue weighted by molar-refractivity contribution is 6.03. The number of fused-ring (bicyclic) bond motifs is 2. The highest BCUT2D eigenvalue weighted by atomic mass is 15.2. The molecule has 0 spiro atoms. The van der Waals surface area contributed by atoms with Crippen LogP contribution in [0.15, 0.2) is 133 Å². The molecule has 216 valence electrons. The number of anilines is 1. The number of rotatable bonds is 7. The number of para-hydroxylation sites is 2. The van der Waals surface area contributed by atoms with E-state index in [-0.39, 0.29) is 10.8 Å². The Bertz CT molecular complexity index is 1760. The SMILES string of the molecule is Cc1ccc(CN2/C(=C/C=C/C=C/C3=[N+](Cc4ccc(C)cc4)c4ccccc4C3(C)C)C(C)(C)c3ccccc32)cc1. The smallest absolute Gasteiger partial charge is 0.210 e. The van der Waals surface area contributed by atoms with Gasteiger partial charge in [0, 0.05) is 46.6 Å². The van der Waals surface area contributed by atoms with E-state index in [0.29, 0.717) is 0 Å². The topological polar surface area (TPSA) is 6.25 Å². The minimum Gasteiger partial charge on any atom is -0.340 e. The van der Waals surface area contributed by atoms with Gasteiger partial charge in [0.2, 0.25) is 5.69 Å². The molecular weight excluding hydrogens is 520 g/mol. The third-order valence-electron chi connectivity index (χ3n) is 9.25. The standard InChI is InChI=1S/C41H43N2/c1-30-20-24-32(25-21-30)28-42-36-16-12-10-14-34(36)40(3,4)38(42)18-8-7-9-19-39-41(5,6)35-15-11-13-17-37(35)43(39)29-33-26-22-31(2)23-27-33/h7-27H,28-29H2,1-6H3/q+1. The molecular formula is C41H43N2+. The van der Waals surface area contributed by atoms with Crippen molar-refractivity contribution in [3.8, 4) is 0 Å². The molecule has 0 amide bonds. The summed E-state index contributed by atoms with van der Waals surface area (Å²) in [6.07, 6.45) is 11.2. The maximum Gasteiger partial charge on any atom is 0.210 e. The van der Waals surface area contributed by atoms with Crippen molar-refractivity contribution in [2.24, 2.45) is 0 Å². The fraction of sp³-hybridized carbons (Fsp3) is 0.244. The molecule has 6 rings (SSSR count). The summed E-state index contributed by atoms with van der Waals surface area (Å²) < 4.78 is 2.49. The summed E-state index contributed by atoms with van der Waals surface area (Å²) in [6.45, 7) is 15.4. The van der Waals surface area contributed by atoms with E-state index in [1.54, 1.807) is 0 Å². The number of hydrogen-bond donors (Lipinski definition) is 0. The second kappa shape index (κ2) is 11.3. The van der Waals surface area contributed by atoms with Crippen LogP contribution in [0.3, 0.4) is 0 Å². The van der Waals surface area contributed by atoms with Crippen molar-refractivity contribution in [3.05, 3.63) is 167 Å². The van der Waals surface area contributed by atoms with Crippen molar-refractivity contribution < 1.29 is 4.58 Å². The normalized spacial score (nSPS) is 17.8. The molecule has 2 heteroatoms. The zero-order valence-corrected chi connectivity index (χ0v) is 26.4. The average molecular weight is 564 g/mol. The molecule has 43 heavy (non-hydrogen) atoms. The van der Waals surface area contributed by atoms with Gasteiger partial charge in [-0.15, -0.1) is 0 Å². The molecule has 0 saturated heterocycles. The molecule has 0 bridgehead atoms. The van der Waals surface area contributed by atoms with Crippen LogP contribution in [0, 0.1) is 13.8 Å².